The summed E-state index contributed by atoms with van der Waals surface area (Å²) < 4.78 is 91.4. The van der Waals surface area contributed by atoms with E-state index in [0.29, 0.717) is 0 Å². The molecule has 310 valence electrons. The third kappa shape index (κ3) is 9.24. The van der Waals surface area contributed by atoms with Crippen molar-refractivity contribution < 1.29 is 89.3 Å². The second-order valence-electron chi connectivity index (χ2n) is 11.6. The van der Waals surface area contributed by atoms with Gasteiger partial charge in [-0.25, -0.2) is 38.2 Å². The molecular weight excluding hydrogens is 848 g/mol. The minimum Gasteiger partial charge on any atom is -0.387 e. The predicted octanol–water partition coefficient (Wildman–Crippen LogP) is -2.11. The van der Waals surface area contributed by atoms with E-state index in [2.05, 4.69) is 38.5 Å². The number of nitrogens with one attached hydrogen (secondary N) is 1. The van der Waals surface area contributed by atoms with Crippen LogP contribution in [0.15, 0.2) is 23.8 Å². The third-order valence-electron chi connectivity index (χ3n) is 7.84. The van der Waals surface area contributed by atoms with Crippen LogP contribution in [-0.4, -0.2) is 130 Å². The van der Waals surface area contributed by atoms with Gasteiger partial charge in [0.25, 0.3) is 5.56 Å². The highest BCUT2D eigenvalue weighted by molar-refractivity contribution is 7.66. The number of anilines is 2. The van der Waals surface area contributed by atoms with Crippen LogP contribution in [0.1, 0.15) is 19.4 Å². The van der Waals surface area contributed by atoms with Gasteiger partial charge in [0.05, 0.1) is 25.9 Å². The van der Waals surface area contributed by atoms with Gasteiger partial charge in [-0.3, -0.25) is 32.5 Å². The first-order chi connectivity index (χ1) is 26.1. The van der Waals surface area contributed by atoms with Crippen LogP contribution < -0.4 is 17.0 Å². The first kappa shape index (κ1) is 42.4. The summed E-state index contributed by atoms with van der Waals surface area (Å²) in [7, 11) is -22.8. The summed E-state index contributed by atoms with van der Waals surface area (Å²) in [4.78, 5) is 82.5. The van der Waals surface area contributed by atoms with E-state index in [1.54, 1.807) is 0 Å². The van der Waals surface area contributed by atoms with Crippen LogP contribution in [0.4, 0.5) is 11.8 Å². The van der Waals surface area contributed by atoms with Crippen LogP contribution in [-0.2, 0) is 54.7 Å². The van der Waals surface area contributed by atoms with Crippen molar-refractivity contribution >= 4 is 65.4 Å². The van der Waals surface area contributed by atoms with Crippen molar-refractivity contribution in [2.75, 3.05) is 31.3 Å². The first-order valence-corrected chi connectivity index (χ1v) is 21.5. The Morgan fingerprint density at radius 2 is 1.41 bits per heavy atom. The summed E-state index contributed by atoms with van der Waals surface area (Å²) >= 11 is 0. The maximum Gasteiger partial charge on any atom is 0.490 e. The van der Waals surface area contributed by atoms with E-state index in [0.717, 1.165) is 17.2 Å². The minimum atomic E-state index is -5.94. The molecule has 30 nitrogen and oxygen atoms in total. The predicted molar refractivity (Wildman–Crippen MR) is 178 cm³/mol. The SMILES string of the molecule is CCO[C@@H]1[C@H](OP(=O)(O)OC[C@H]2O[C@@H](n3cnc4c(=O)[nH]c(N)nc43)[C@H](O)[C@@H]2O)[C@@H](COP(=O)(O)OP(=O)(O)OP(=O)(O)O)O[C@H]1n1cnc2c(N)ncnc21. The highest BCUT2D eigenvalue weighted by Gasteiger charge is 2.53. The Hall–Kier alpha value is -3.18. The lowest BCUT2D eigenvalue weighted by molar-refractivity contribution is -0.0683. The molecule has 0 aromatic carbocycles. The number of H-pyrrole nitrogens is 1. The second-order valence-corrected chi connectivity index (χ2v) is 17.4. The zero-order valence-corrected chi connectivity index (χ0v) is 31.6. The van der Waals surface area contributed by atoms with Crippen molar-refractivity contribution in [3.05, 3.63) is 29.3 Å². The minimum absolute atomic E-state index is 0.0519. The Labute approximate surface area is 310 Å². The van der Waals surface area contributed by atoms with Crippen LogP contribution >= 0.6 is 31.3 Å². The smallest absolute Gasteiger partial charge is 0.387 e. The summed E-state index contributed by atoms with van der Waals surface area (Å²) in [5.74, 6) is -0.345. The molecule has 2 aliphatic heterocycles. The molecular formula is C22H32N10O20P4. The van der Waals surface area contributed by atoms with Crippen LogP contribution in [0.25, 0.3) is 22.3 Å². The van der Waals surface area contributed by atoms with Gasteiger partial charge in [-0.2, -0.15) is 13.6 Å². The average molecular weight is 880 g/mol. The molecule has 56 heavy (non-hydrogen) atoms. The number of aromatic amines is 1. The van der Waals surface area contributed by atoms with Crippen molar-refractivity contribution in [1.29, 1.82) is 0 Å². The van der Waals surface area contributed by atoms with Crippen LogP contribution in [0, 0.1) is 0 Å². The quantitative estimate of drug-likeness (QED) is 0.0538. The molecule has 11 atom stereocenters. The van der Waals surface area contributed by atoms with E-state index in [1.807, 2.05) is 0 Å². The lowest BCUT2D eigenvalue weighted by Crippen LogP contribution is -2.38. The van der Waals surface area contributed by atoms with Crippen molar-refractivity contribution in [2.45, 2.75) is 56.0 Å². The molecule has 6 rings (SSSR count). The van der Waals surface area contributed by atoms with E-state index >= 15 is 0 Å². The number of aliphatic hydroxyl groups excluding tert-OH is 2. The van der Waals surface area contributed by atoms with Gasteiger partial charge in [-0.15, -0.1) is 0 Å². The number of hydrogen-bond acceptors (Lipinski definition) is 22. The number of ether oxygens (including phenoxy) is 3. The number of hydrogen-bond donors (Lipinski definition) is 10. The third-order valence-corrected chi connectivity index (χ3v) is 12.6. The van der Waals surface area contributed by atoms with Gasteiger partial charge in [0.1, 0.15) is 48.5 Å². The molecule has 2 fully saturated rings. The van der Waals surface area contributed by atoms with E-state index in [1.165, 1.54) is 17.8 Å². The fourth-order valence-electron chi connectivity index (χ4n) is 5.67. The Morgan fingerprint density at radius 1 is 0.786 bits per heavy atom. The molecule has 12 N–H and O–H groups in total. The molecule has 2 saturated heterocycles. The van der Waals surface area contributed by atoms with Gasteiger partial charge in [0, 0.05) is 6.61 Å². The number of imidazole rings is 2. The topological polar surface area (TPSA) is 443 Å². The van der Waals surface area contributed by atoms with E-state index < -0.39 is 99.1 Å². The number of aromatic nitrogens is 8. The Bertz CT molecular complexity index is 2340. The van der Waals surface area contributed by atoms with Gasteiger partial charge in [0.15, 0.2) is 35.1 Å². The lowest BCUT2D eigenvalue weighted by Gasteiger charge is -2.26. The fraction of sp³-hybridized carbons (Fsp3) is 0.545. The van der Waals surface area contributed by atoms with Crippen molar-refractivity contribution in [2.24, 2.45) is 0 Å². The van der Waals surface area contributed by atoms with Crippen LogP contribution in [0.3, 0.4) is 0 Å². The summed E-state index contributed by atoms with van der Waals surface area (Å²) in [5, 5.41) is 21.5. The number of rotatable bonds is 16. The van der Waals surface area contributed by atoms with Crippen molar-refractivity contribution in [3.8, 4) is 0 Å². The Balaban J connectivity index is 1.23. The van der Waals surface area contributed by atoms with Gasteiger partial charge < -0.3 is 60.4 Å². The van der Waals surface area contributed by atoms with Gasteiger partial charge in [0.2, 0.25) is 5.95 Å². The van der Waals surface area contributed by atoms with Gasteiger partial charge in [-0.05, 0) is 6.92 Å². The molecule has 34 heteroatoms. The van der Waals surface area contributed by atoms with E-state index in [9.17, 15) is 47.9 Å². The van der Waals surface area contributed by atoms with Crippen molar-refractivity contribution in [3.63, 3.8) is 0 Å². The monoisotopic (exact) mass is 880 g/mol. The molecule has 3 unspecified atom stereocenters. The zero-order valence-electron chi connectivity index (χ0n) is 28.0. The molecule has 4 aromatic heterocycles. The maximum atomic E-state index is 13.5. The molecule has 4 aromatic rings. The summed E-state index contributed by atoms with van der Waals surface area (Å²) in [6.07, 6.45) is -9.59. The van der Waals surface area contributed by atoms with Gasteiger partial charge >= 0.3 is 31.3 Å². The fourth-order valence-corrected chi connectivity index (χ4v) is 9.66. The normalized spacial score (nSPS) is 29.1. The largest absolute Gasteiger partial charge is 0.490 e. The highest BCUT2D eigenvalue weighted by atomic mass is 31.3. The molecule has 0 saturated carbocycles. The summed E-state index contributed by atoms with van der Waals surface area (Å²) in [6.45, 7) is -0.727. The van der Waals surface area contributed by atoms with E-state index in [-0.39, 0.29) is 40.7 Å². The van der Waals surface area contributed by atoms with E-state index in [4.69, 9.17) is 49.0 Å². The Kier molecular flexibility index (Phi) is 12.0. The number of phosphoric ester groups is 2. The van der Waals surface area contributed by atoms with Crippen molar-refractivity contribution in [1.82, 2.24) is 39.0 Å². The average Bonchev–Trinajstić information content (AvgIpc) is 3.83. The molecule has 6 heterocycles. The van der Waals surface area contributed by atoms with Gasteiger partial charge in [-0.1, -0.05) is 0 Å². The lowest BCUT2D eigenvalue weighted by atomic mass is 10.1. The summed E-state index contributed by atoms with van der Waals surface area (Å²) in [6, 6.07) is 0. The Morgan fingerprint density at radius 3 is 2.09 bits per heavy atom. The number of phosphoric acid groups is 4. The molecule has 0 radical (unpaired) electrons. The van der Waals surface area contributed by atoms with Crippen LogP contribution in [0.5, 0.6) is 0 Å². The molecule has 0 bridgehead atoms. The molecule has 2 aliphatic rings. The second kappa shape index (κ2) is 15.9. The first-order valence-electron chi connectivity index (χ1n) is 15.5. The number of aliphatic hydroxyl groups is 2. The number of nitrogen functional groups attached to an aromatic ring is 2. The molecule has 0 amide bonds. The maximum absolute atomic E-state index is 13.5. The number of nitrogens with two attached hydrogens (primary N) is 2. The standard InChI is InChI=1S/C22H32N10O20P4/c1-2-45-15-14(50-54(39,40)46-3-8-12(33)13(34)20(48-8)32-7-28-11-18(32)29-22(24)30-19(11)35)9(4-47-55(41,42)52-56(43,44)51-53(36,37)38)49-21(15)31-6-27-10-16(23)25-5-26-17(10)31/h5-9,12-15,20-21,33-34H,2-4H2,1H3,(H,39,40)(H,41,42)(H,43,44)(H2,23,25,26)(H2,36,37,38)(H3,24,29,30,35)/t8-,9-,12-,13-,14-,15-,20-,21-/m1/s1. The number of fused-ring (bicyclic) bond motifs is 2. The molecule has 0 spiro atoms. The number of nitrogens with zero attached hydrogens (tertiary/aromatic N) is 7. The molecule has 0 aliphatic carbocycles. The highest BCUT2D eigenvalue weighted by Crippen LogP contribution is 2.66. The van der Waals surface area contributed by atoms with Crippen LogP contribution in [0.2, 0.25) is 0 Å². The zero-order chi connectivity index (χ0) is 41.0. The summed E-state index contributed by atoms with van der Waals surface area (Å²) in [5.41, 5.74) is 10.6.